The summed E-state index contributed by atoms with van der Waals surface area (Å²) in [5.41, 5.74) is 1.09. The van der Waals surface area contributed by atoms with Gasteiger partial charge < -0.3 is 14.7 Å². The molecule has 1 N–H and O–H groups in total. The van der Waals surface area contributed by atoms with E-state index in [4.69, 9.17) is 4.74 Å². The predicted octanol–water partition coefficient (Wildman–Crippen LogP) is 2.18. The third-order valence-electron chi connectivity index (χ3n) is 5.01. The largest absolute Gasteiger partial charge is 0.383 e. The summed E-state index contributed by atoms with van der Waals surface area (Å²) in [5.74, 6) is 0.186. The average Bonchev–Trinajstić information content (AvgIpc) is 3.10. The average molecular weight is 303 g/mol. The van der Waals surface area contributed by atoms with Gasteiger partial charge in [0.25, 0.3) is 5.91 Å². The number of benzene rings is 1. The maximum Gasteiger partial charge on any atom is 0.252 e. The zero-order chi connectivity index (χ0) is 15.4. The van der Waals surface area contributed by atoms with Crippen LogP contribution >= 0.6 is 0 Å². The lowest BCUT2D eigenvalue weighted by Gasteiger charge is -2.34. The van der Waals surface area contributed by atoms with E-state index in [1.54, 1.807) is 4.90 Å². The van der Waals surface area contributed by atoms with Crippen LogP contribution in [-0.2, 0) is 9.53 Å². The minimum Gasteiger partial charge on any atom is -0.383 e. The monoisotopic (exact) mass is 303 g/mol. The number of hydrogen-bond donors (Lipinski definition) is 1. The van der Waals surface area contributed by atoms with Gasteiger partial charge in [-0.05, 0) is 24.3 Å². The van der Waals surface area contributed by atoms with Crippen molar-refractivity contribution < 1.29 is 14.6 Å². The molecule has 0 aromatic heterocycles. The smallest absolute Gasteiger partial charge is 0.252 e. The fourth-order valence-corrected chi connectivity index (χ4v) is 3.83. The summed E-state index contributed by atoms with van der Waals surface area (Å²) in [7, 11) is 0. The van der Waals surface area contributed by atoms with Crippen LogP contribution in [0.3, 0.4) is 0 Å². The molecule has 1 aliphatic carbocycles. The quantitative estimate of drug-likeness (QED) is 0.927. The van der Waals surface area contributed by atoms with Crippen LogP contribution < -0.4 is 0 Å². The van der Waals surface area contributed by atoms with Crippen molar-refractivity contribution in [2.45, 2.75) is 37.7 Å². The van der Waals surface area contributed by atoms with Crippen LogP contribution in [0, 0.1) is 5.92 Å². The first kappa shape index (κ1) is 15.5. The molecule has 3 rings (SSSR count). The summed E-state index contributed by atoms with van der Waals surface area (Å²) in [5, 5.41) is 10.8. The van der Waals surface area contributed by atoms with E-state index in [9.17, 15) is 9.90 Å². The molecule has 2 atom stereocenters. The molecule has 1 saturated carbocycles. The second-order valence-corrected chi connectivity index (χ2v) is 6.36. The van der Waals surface area contributed by atoms with Crippen molar-refractivity contribution in [3.8, 4) is 0 Å². The van der Waals surface area contributed by atoms with E-state index in [1.807, 2.05) is 30.3 Å². The van der Waals surface area contributed by atoms with E-state index < -0.39 is 6.10 Å². The van der Waals surface area contributed by atoms with E-state index in [2.05, 4.69) is 0 Å². The van der Waals surface area contributed by atoms with Crippen molar-refractivity contribution in [2.75, 3.05) is 26.3 Å². The molecule has 0 bridgehead atoms. The van der Waals surface area contributed by atoms with E-state index in [0.717, 1.165) is 18.4 Å². The van der Waals surface area contributed by atoms with Gasteiger partial charge in [0, 0.05) is 19.0 Å². The third-order valence-corrected chi connectivity index (χ3v) is 5.01. The van der Waals surface area contributed by atoms with Gasteiger partial charge >= 0.3 is 0 Å². The number of rotatable bonds is 4. The summed E-state index contributed by atoms with van der Waals surface area (Å²) >= 11 is 0. The van der Waals surface area contributed by atoms with Crippen LogP contribution in [0.1, 0.15) is 37.2 Å². The fourth-order valence-electron chi connectivity index (χ4n) is 3.83. The highest BCUT2D eigenvalue weighted by molar-refractivity contribution is 5.82. The second kappa shape index (κ2) is 7.25. The van der Waals surface area contributed by atoms with Gasteiger partial charge in [-0.3, -0.25) is 4.79 Å². The SMILES string of the molecule is O=C(C(O)C(c1ccccc1)C1CCCC1)N1CCOCC1. The number of aliphatic hydroxyl groups is 1. The molecule has 1 saturated heterocycles. The summed E-state index contributed by atoms with van der Waals surface area (Å²) in [4.78, 5) is 14.4. The van der Waals surface area contributed by atoms with Crippen molar-refractivity contribution in [1.29, 1.82) is 0 Å². The molecule has 1 amide bonds. The normalized spacial score (nSPS) is 22.5. The van der Waals surface area contributed by atoms with E-state index in [0.29, 0.717) is 32.2 Å². The first-order valence-corrected chi connectivity index (χ1v) is 8.37. The molecule has 2 fully saturated rings. The number of aliphatic hydroxyl groups excluding tert-OH is 1. The Hall–Kier alpha value is -1.39. The van der Waals surface area contributed by atoms with Crippen LogP contribution in [0.5, 0.6) is 0 Å². The van der Waals surface area contributed by atoms with E-state index in [-0.39, 0.29) is 11.8 Å². The maximum absolute atomic E-state index is 12.7. The molecule has 1 aromatic rings. The fraction of sp³-hybridized carbons (Fsp3) is 0.611. The van der Waals surface area contributed by atoms with Crippen LogP contribution in [0.25, 0.3) is 0 Å². The maximum atomic E-state index is 12.7. The molecule has 1 heterocycles. The number of nitrogens with zero attached hydrogens (tertiary/aromatic N) is 1. The summed E-state index contributed by atoms with van der Waals surface area (Å²) in [6.07, 6.45) is 3.67. The van der Waals surface area contributed by atoms with Crippen molar-refractivity contribution in [3.05, 3.63) is 35.9 Å². The molecule has 120 valence electrons. The number of hydrogen-bond acceptors (Lipinski definition) is 3. The molecule has 2 unspecified atom stereocenters. The van der Waals surface area contributed by atoms with Crippen molar-refractivity contribution in [2.24, 2.45) is 5.92 Å². The highest BCUT2D eigenvalue weighted by Gasteiger charge is 2.37. The molecule has 1 aromatic carbocycles. The molecule has 1 aliphatic heterocycles. The number of amides is 1. The highest BCUT2D eigenvalue weighted by Crippen LogP contribution is 2.39. The van der Waals surface area contributed by atoms with Crippen LogP contribution in [0.2, 0.25) is 0 Å². The van der Waals surface area contributed by atoms with E-state index in [1.165, 1.54) is 12.8 Å². The Morgan fingerprint density at radius 1 is 1.14 bits per heavy atom. The van der Waals surface area contributed by atoms with Gasteiger partial charge in [-0.1, -0.05) is 43.2 Å². The van der Waals surface area contributed by atoms with Gasteiger partial charge in [-0.25, -0.2) is 0 Å². The number of carbonyl (C=O) groups excluding carboxylic acids is 1. The van der Waals surface area contributed by atoms with Crippen molar-refractivity contribution >= 4 is 5.91 Å². The zero-order valence-electron chi connectivity index (χ0n) is 13.0. The molecular formula is C18H25NO3. The number of carbonyl (C=O) groups is 1. The van der Waals surface area contributed by atoms with Gasteiger partial charge in [0.05, 0.1) is 13.2 Å². The van der Waals surface area contributed by atoms with Crippen LogP contribution in [0.15, 0.2) is 30.3 Å². The van der Waals surface area contributed by atoms with Gasteiger partial charge in [0.1, 0.15) is 6.10 Å². The Balaban J connectivity index is 1.79. The summed E-state index contributed by atoms with van der Waals surface area (Å²) in [6.45, 7) is 2.31. The first-order chi connectivity index (χ1) is 10.8. The van der Waals surface area contributed by atoms with Crippen LogP contribution in [0.4, 0.5) is 0 Å². The molecule has 0 radical (unpaired) electrons. The van der Waals surface area contributed by atoms with Gasteiger partial charge in [0.2, 0.25) is 0 Å². The lowest BCUT2D eigenvalue weighted by molar-refractivity contribution is -0.146. The van der Waals surface area contributed by atoms with E-state index >= 15 is 0 Å². The van der Waals surface area contributed by atoms with Crippen LogP contribution in [-0.4, -0.2) is 48.3 Å². The Morgan fingerprint density at radius 3 is 2.41 bits per heavy atom. The summed E-state index contributed by atoms with van der Waals surface area (Å²) < 4.78 is 5.30. The topological polar surface area (TPSA) is 49.8 Å². The minimum absolute atomic E-state index is 0.0842. The summed E-state index contributed by atoms with van der Waals surface area (Å²) in [6, 6.07) is 10.0. The Labute approximate surface area is 132 Å². The Morgan fingerprint density at radius 2 is 1.77 bits per heavy atom. The molecule has 2 aliphatic rings. The Bertz CT molecular complexity index is 478. The number of ether oxygens (including phenoxy) is 1. The highest BCUT2D eigenvalue weighted by atomic mass is 16.5. The lowest BCUT2D eigenvalue weighted by atomic mass is 9.80. The predicted molar refractivity (Wildman–Crippen MR) is 84.5 cm³/mol. The lowest BCUT2D eigenvalue weighted by Crippen LogP contribution is -2.48. The van der Waals surface area contributed by atoms with Gasteiger partial charge in [0.15, 0.2) is 0 Å². The first-order valence-electron chi connectivity index (χ1n) is 8.37. The molecule has 0 spiro atoms. The Kier molecular flexibility index (Phi) is 5.11. The van der Waals surface area contributed by atoms with Gasteiger partial charge in [-0.2, -0.15) is 0 Å². The molecule has 22 heavy (non-hydrogen) atoms. The van der Waals surface area contributed by atoms with Crippen molar-refractivity contribution in [1.82, 2.24) is 4.90 Å². The second-order valence-electron chi connectivity index (χ2n) is 6.36. The van der Waals surface area contributed by atoms with Crippen molar-refractivity contribution in [3.63, 3.8) is 0 Å². The minimum atomic E-state index is -0.941. The molecular weight excluding hydrogens is 278 g/mol. The third kappa shape index (κ3) is 3.33. The molecule has 4 nitrogen and oxygen atoms in total. The number of morpholine rings is 1. The zero-order valence-corrected chi connectivity index (χ0v) is 13.0. The standard InChI is InChI=1S/C18H25NO3/c20-17(18(21)19-10-12-22-13-11-19)16(15-8-4-5-9-15)14-6-2-1-3-7-14/h1-3,6-7,15-17,20H,4-5,8-13H2. The molecule has 4 heteroatoms. The van der Waals surface area contributed by atoms with Gasteiger partial charge in [-0.15, -0.1) is 0 Å².